The molecule has 0 saturated carbocycles. The SMILES string of the molecule is Cc1nn(-c2ccc(C(=O)NC(C)c3ccc4c(c3)OCCCO4)cc2)c(C)c1Cl. The molecule has 1 N–H and O–H groups in total. The van der Waals surface area contributed by atoms with E-state index >= 15 is 0 Å². The van der Waals surface area contributed by atoms with E-state index in [-0.39, 0.29) is 11.9 Å². The first-order chi connectivity index (χ1) is 14.4. The van der Waals surface area contributed by atoms with Gasteiger partial charge in [0.05, 0.1) is 41.4 Å². The van der Waals surface area contributed by atoms with Crippen LogP contribution in [-0.4, -0.2) is 28.9 Å². The minimum absolute atomic E-state index is 0.146. The van der Waals surface area contributed by atoms with E-state index in [0.29, 0.717) is 23.8 Å². The molecular formula is C23H24ClN3O3. The summed E-state index contributed by atoms with van der Waals surface area (Å²) in [6.45, 7) is 7.01. The second-order valence-corrected chi connectivity index (χ2v) is 7.77. The molecule has 1 aliphatic heterocycles. The van der Waals surface area contributed by atoms with Crippen LogP contribution in [0, 0.1) is 13.8 Å². The zero-order chi connectivity index (χ0) is 21.3. The van der Waals surface area contributed by atoms with Crippen LogP contribution in [0.2, 0.25) is 5.02 Å². The highest BCUT2D eigenvalue weighted by Crippen LogP contribution is 2.32. The Kier molecular flexibility index (Phi) is 5.68. The van der Waals surface area contributed by atoms with Crippen molar-refractivity contribution < 1.29 is 14.3 Å². The first-order valence-electron chi connectivity index (χ1n) is 9.96. The molecule has 0 fully saturated rings. The van der Waals surface area contributed by atoms with Gasteiger partial charge in [0.15, 0.2) is 11.5 Å². The maximum absolute atomic E-state index is 12.7. The number of nitrogens with one attached hydrogen (secondary N) is 1. The van der Waals surface area contributed by atoms with E-state index in [1.807, 2.05) is 51.1 Å². The van der Waals surface area contributed by atoms with Gasteiger partial charge in [-0.2, -0.15) is 5.10 Å². The lowest BCUT2D eigenvalue weighted by atomic mass is 10.1. The highest BCUT2D eigenvalue weighted by atomic mass is 35.5. The summed E-state index contributed by atoms with van der Waals surface area (Å²) >= 11 is 6.23. The quantitative estimate of drug-likeness (QED) is 0.652. The van der Waals surface area contributed by atoms with Crippen molar-refractivity contribution in [3.8, 4) is 17.2 Å². The van der Waals surface area contributed by atoms with Crippen molar-refractivity contribution in [1.29, 1.82) is 0 Å². The van der Waals surface area contributed by atoms with Crippen LogP contribution in [0.25, 0.3) is 5.69 Å². The van der Waals surface area contributed by atoms with Crippen LogP contribution in [0.15, 0.2) is 42.5 Å². The number of carbonyl (C=O) groups is 1. The van der Waals surface area contributed by atoms with Crippen molar-refractivity contribution in [1.82, 2.24) is 15.1 Å². The lowest BCUT2D eigenvalue weighted by Crippen LogP contribution is -2.26. The average molecular weight is 426 g/mol. The van der Waals surface area contributed by atoms with Crippen LogP contribution < -0.4 is 14.8 Å². The van der Waals surface area contributed by atoms with E-state index < -0.39 is 0 Å². The molecular weight excluding hydrogens is 402 g/mol. The molecule has 0 aliphatic carbocycles. The first-order valence-corrected chi connectivity index (χ1v) is 10.3. The third-order valence-electron chi connectivity index (χ3n) is 5.20. The number of benzene rings is 2. The van der Waals surface area contributed by atoms with Gasteiger partial charge >= 0.3 is 0 Å². The van der Waals surface area contributed by atoms with Gasteiger partial charge in [-0.25, -0.2) is 4.68 Å². The summed E-state index contributed by atoms with van der Waals surface area (Å²) in [4.78, 5) is 12.7. The van der Waals surface area contributed by atoms with Gasteiger partial charge in [-0.1, -0.05) is 17.7 Å². The van der Waals surface area contributed by atoms with Crippen LogP contribution in [0.5, 0.6) is 11.5 Å². The highest BCUT2D eigenvalue weighted by Gasteiger charge is 2.16. The molecule has 3 aromatic rings. The molecule has 156 valence electrons. The summed E-state index contributed by atoms with van der Waals surface area (Å²) in [5.74, 6) is 1.32. The van der Waals surface area contributed by atoms with Gasteiger partial charge in [-0.05, 0) is 62.7 Å². The molecule has 0 spiro atoms. The van der Waals surface area contributed by atoms with Gasteiger partial charge in [0.1, 0.15) is 0 Å². The summed E-state index contributed by atoms with van der Waals surface area (Å²) in [5.41, 5.74) is 4.04. The molecule has 1 aliphatic rings. The number of hydrogen-bond acceptors (Lipinski definition) is 4. The van der Waals surface area contributed by atoms with E-state index in [2.05, 4.69) is 10.4 Å². The zero-order valence-electron chi connectivity index (χ0n) is 17.2. The molecule has 0 saturated heterocycles. The van der Waals surface area contributed by atoms with E-state index in [1.165, 1.54) is 0 Å². The minimum Gasteiger partial charge on any atom is -0.490 e. The number of fused-ring (bicyclic) bond motifs is 1. The Bertz CT molecular complexity index is 1080. The number of hydrogen-bond donors (Lipinski definition) is 1. The number of ether oxygens (including phenoxy) is 2. The third-order valence-corrected chi connectivity index (χ3v) is 5.74. The molecule has 4 rings (SSSR count). The van der Waals surface area contributed by atoms with Crippen LogP contribution in [-0.2, 0) is 0 Å². The fraction of sp³-hybridized carbons (Fsp3) is 0.304. The predicted octanol–water partition coefficient (Wildman–Crippen LogP) is 4.79. The van der Waals surface area contributed by atoms with E-state index in [1.54, 1.807) is 16.8 Å². The van der Waals surface area contributed by atoms with Gasteiger partial charge in [0.25, 0.3) is 5.91 Å². The Morgan fingerprint density at radius 2 is 1.80 bits per heavy atom. The fourth-order valence-corrected chi connectivity index (χ4v) is 3.56. The van der Waals surface area contributed by atoms with Crippen molar-refractivity contribution in [3.05, 3.63) is 70.0 Å². The first kappa shape index (κ1) is 20.3. The number of carbonyl (C=O) groups excluding carboxylic acids is 1. The summed E-state index contributed by atoms with van der Waals surface area (Å²) in [5, 5.41) is 8.14. The number of amides is 1. The van der Waals surface area contributed by atoms with Crippen molar-refractivity contribution in [2.45, 2.75) is 33.2 Å². The highest BCUT2D eigenvalue weighted by molar-refractivity contribution is 6.31. The molecule has 0 radical (unpaired) electrons. The molecule has 1 amide bonds. The Morgan fingerprint density at radius 1 is 1.10 bits per heavy atom. The Labute approximate surface area is 180 Å². The maximum Gasteiger partial charge on any atom is 0.251 e. The number of nitrogens with zero attached hydrogens (tertiary/aromatic N) is 2. The lowest BCUT2D eigenvalue weighted by Gasteiger charge is -2.17. The summed E-state index contributed by atoms with van der Waals surface area (Å²) < 4.78 is 13.2. The predicted molar refractivity (Wildman–Crippen MR) is 116 cm³/mol. The average Bonchev–Trinajstić information content (AvgIpc) is 2.92. The molecule has 1 aromatic heterocycles. The number of aromatic nitrogens is 2. The van der Waals surface area contributed by atoms with E-state index in [0.717, 1.165) is 40.6 Å². The summed E-state index contributed by atoms with van der Waals surface area (Å²) in [6.07, 6.45) is 0.857. The zero-order valence-corrected chi connectivity index (χ0v) is 18.0. The van der Waals surface area contributed by atoms with E-state index in [9.17, 15) is 4.79 Å². The number of halogens is 1. The van der Waals surface area contributed by atoms with Crippen molar-refractivity contribution in [2.24, 2.45) is 0 Å². The lowest BCUT2D eigenvalue weighted by molar-refractivity contribution is 0.0940. The summed E-state index contributed by atoms with van der Waals surface area (Å²) in [7, 11) is 0. The van der Waals surface area contributed by atoms with Crippen molar-refractivity contribution >= 4 is 17.5 Å². The van der Waals surface area contributed by atoms with Crippen molar-refractivity contribution in [2.75, 3.05) is 13.2 Å². The second kappa shape index (κ2) is 8.40. The molecule has 2 aromatic carbocycles. The smallest absolute Gasteiger partial charge is 0.251 e. The normalized spacial score (nSPS) is 14.1. The molecule has 30 heavy (non-hydrogen) atoms. The van der Waals surface area contributed by atoms with Crippen LogP contribution >= 0.6 is 11.6 Å². The number of aryl methyl sites for hydroxylation is 1. The monoisotopic (exact) mass is 425 g/mol. The molecule has 1 unspecified atom stereocenters. The van der Waals surface area contributed by atoms with Crippen molar-refractivity contribution in [3.63, 3.8) is 0 Å². The van der Waals surface area contributed by atoms with Gasteiger partial charge in [0.2, 0.25) is 0 Å². The third kappa shape index (κ3) is 4.00. The molecule has 1 atom stereocenters. The van der Waals surface area contributed by atoms with Gasteiger partial charge < -0.3 is 14.8 Å². The molecule has 0 bridgehead atoms. The van der Waals surface area contributed by atoms with E-state index in [4.69, 9.17) is 21.1 Å². The Hall–Kier alpha value is -2.99. The minimum atomic E-state index is -0.177. The van der Waals surface area contributed by atoms with Crippen LogP contribution in [0.4, 0.5) is 0 Å². The van der Waals surface area contributed by atoms with Gasteiger partial charge in [-0.15, -0.1) is 0 Å². The van der Waals surface area contributed by atoms with Crippen LogP contribution in [0.3, 0.4) is 0 Å². The molecule has 7 heteroatoms. The Morgan fingerprint density at radius 3 is 2.47 bits per heavy atom. The van der Waals surface area contributed by atoms with Gasteiger partial charge in [0, 0.05) is 12.0 Å². The standard InChI is InChI=1S/C23H24ClN3O3/c1-14(18-7-10-20-21(13-18)30-12-4-11-29-20)25-23(28)17-5-8-19(9-6-17)27-16(3)22(24)15(2)26-27/h5-10,13-14H,4,11-12H2,1-3H3,(H,25,28). The van der Waals surface area contributed by atoms with Crippen LogP contribution in [0.1, 0.15) is 46.7 Å². The largest absolute Gasteiger partial charge is 0.490 e. The summed E-state index contributed by atoms with van der Waals surface area (Å²) in [6, 6.07) is 12.9. The molecule has 2 heterocycles. The molecule has 6 nitrogen and oxygen atoms in total. The number of rotatable bonds is 4. The topological polar surface area (TPSA) is 65.4 Å². The van der Waals surface area contributed by atoms with Gasteiger partial charge in [-0.3, -0.25) is 4.79 Å². The fourth-order valence-electron chi connectivity index (χ4n) is 3.44. The second-order valence-electron chi connectivity index (χ2n) is 7.40. The Balaban J connectivity index is 1.47. The maximum atomic E-state index is 12.7.